The van der Waals surface area contributed by atoms with Crippen molar-refractivity contribution in [2.45, 2.75) is 26.4 Å². The smallest absolute Gasteiger partial charge is 0.0619 e. The van der Waals surface area contributed by atoms with E-state index < -0.39 is 0 Å². The molecule has 1 atom stereocenters. The molecule has 16 heavy (non-hydrogen) atoms. The first kappa shape index (κ1) is 12.1. The van der Waals surface area contributed by atoms with Gasteiger partial charge in [-0.1, -0.05) is 28.1 Å². The molecule has 2 nitrogen and oxygen atoms in total. The summed E-state index contributed by atoms with van der Waals surface area (Å²) in [6, 6.07) is 7.12. The first-order chi connectivity index (χ1) is 7.66. The molecule has 1 aromatic rings. The largest absolute Gasteiger partial charge is 0.379 e. The Morgan fingerprint density at radius 2 is 2.31 bits per heavy atom. The van der Waals surface area contributed by atoms with Gasteiger partial charge in [0.25, 0.3) is 0 Å². The van der Waals surface area contributed by atoms with E-state index in [9.17, 15) is 0 Å². The number of aryl methyl sites for hydroxylation is 1. The molecule has 0 saturated carbocycles. The summed E-state index contributed by atoms with van der Waals surface area (Å²) in [5, 5.41) is 0. The van der Waals surface area contributed by atoms with E-state index >= 15 is 0 Å². The van der Waals surface area contributed by atoms with Gasteiger partial charge in [0.2, 0.25) is 0 Å². The highest BCUT2D eigenvalue weighted by Gasteiger charge is 2.18. The van der Waals surface area contributed by atoms with Crippen LogP contribution in [0.1, 0.15) is 18.1 Å². The number of morpholine rings is 1. The summed E-state index contributed by atoms with van der Waals surface area (Å²) in [4.78, 5) is 2.47. The second kappa shape index (κ2) is 5.30. The number of halogens is 1. The van der Waals surface area contributed by atoms with Gasteiger partial charge in [-0.05, 0) is 31.0 Å². The van der Waals surface area contributed by atoms with Crippen LogP contribution < -0.4 is 0 Å². The lowest BCUT2D eigenvalue weighted by Crippen LogP contribution is -2.42. The van der Waals surface area contributed by atoms with E-state index in [0.29, 0.717) is 6.04 Å². The monoisotopic (exact) mass is 283 g/mol. The summed E-state index contributed by atoms with van der Waals surface area (Å²) in [6.07, 6.45) is 0. The number of nitrogens with zero attached hydrogens (tertiary/aromatic N) is 1. The van der Waals surface area contributed by atoms with E-state index in [4.69, 9.17) is 4.74 Å². The van der Waals surface area contributed by atoms with Gasteiger partial charge in [-0.25, -0.2) is 0 Å². The number of rotatable bonds is 2. The van der Waals surface area contributed by atoms with Crippen molar-refractivity contribution in [1.82, 2.24) is 4.90 Å². The molecule has 0 N–H and O–H groups in total. The first-order valence-electron chi connectivity index (χ1n) is 5.73. The van der Waals surface area contributed by atoms with E-state index in [1.54, 1.807) is 0 Å². The Morgan fingerprint density at radius 1 is 1.50 bits per heavy atom. The number of ether oxygens (including phenoxy) is 1. The fourth-order valence-electron chi connectivity index (χ4n) is 1.97. The third-order valence-corrected chi connectivity index (χ3v) is 3.98. The molecule has 88 valence electrons. The zero-order valence-electron chi connectivity index (χ0n) is 9.87. The molecule has 3 heteroatoms. The molecule has 0 radical (unpaired) electrons. The van der Waals surface area contributed by atoms with Crippen LogP contribution in [0.25, 0.3) is 0 Å². The van der Waals surface area contributed by atoms with Crippen LogP contribution in [-0.4, -0.2) is 30.7 Å². The first-order valence-corrected chi connectivity index (χ1v) is 6.53. The quantitative estimate of drug-likeness (QED) is 0.828. The average Bonchev–Trinajstić information content (AvgIpc) is 2.27. The molecule has 0 spiro atoms. The molecule has 1 fully saturated rings. The minimum absolute atomic E-state index is 0.522. The van der Waals surface area contributed by atoms with Crippen molar-refractivity contribution in [3.63, 3.8) is 0 Å². The topological polar surface area (TPSA) is 12.5 Å². The van der Waals surface area contributed by atoms with Crippen molar-refractivity contribution in [3.8, 4) is 0 Å². The summed E-state index contributed by atoms with van der Waals surface area (Å²) in [5.74, 6) is 0. The summed E-state index contributed by atoms with van der Waals surface area (Å²) in [5.41, 5.74) is 2.66. The SMILES string of the molecule is Cc1ccc(CN2CCOC[C@@H]2C)cc1Br. The summed E-state index contributed by atoms with van der Waals surface area (Å²) in [6.45, 7) is 8.11. The molecular weight excluding hydrogens is 266 g/mol. The Labute approximate surface area is 106 Å². The number of hydrogen-bond acceptors (Lipinski definition) is 2. The van der Waals surface area contributed by atoms with E-state index in [-0.39, 0.29) is 0 Å². The number of hydrogen-bond donors (Lipinski definition) is 0. The van der Waals surface area contributed by atoms with Gasteiger partial charge in [-0.3, -0.25) is 4.90 Å². The summed E-state index contributed by atoms with van der Waals surface area (Å²) >= 11 is 3.58. The zero-order valence-corrected chi connectivity index (χ0v) is 11.5. The zero-order chi connectivity index (χ0) is 11.5. The van der Waals surface area contributed by atoms with Crippen molar-refractivity contribution >= 4 is 15.9 Å². The molecule has 0 unspecified atom stereocenters. The summed E-state index contributed by atoms with van der Waals surface area (Å²) < 4.78 is 6.64. The Kier molecular flexibility index (Phi) is 4.00. The van der Waals surface area contributed by atoms with E-state index in [2.05, 4.69) is 52.9 Å². The van der Waals surface area contributed by atoms with Crippen LogP contribution in [0.5, 0.6) is 0 Å². The third kappa shape index (κ3) is 2.84. The van der Waals surface area contributed by atoms with Crippen molar-refractivity contribution in [2.75, 3.05) is 19.8 Å². The fourth-order valence-corrected chi connectivity index (χ4v) is 2.39. The molecule has 1 heterocycles. The average molecular weight is 284 g/mol. The molecule has 0 amide bonds. The van der Waals surface area contributed by atoms with Gasteiger partial charge >= 0.3 is 0 Å². The highest BCUT2D eigenvalue weighted by atomic mass is 79.9. The van der Waals surface area contributed by atoms with Gasteiger partial charge in [-0.2, -0.15) is 0 Å². The molecule has 0 bridgehead atoms. The molecular formula is C13H18BrNO. The molecule has 1 aliphatic heterocycles. The molecule has 0 aromatic heterocycles. The molecule has 2 rings (SSSR count). The minimum Gasteiger partial charge on any atom is -0.379 e. The molecule has 1 saturated heterocycles. The van der Waals surface area contributed by atoms with Crippen molar-refractivity contribution in [2.24, 2.45) is 0 Å². The van der Waals surface area contributed by atoms with Crippen LogP contribution in [0, 0.1) is 6.92 Å². The van der Waals surface area contributed by atoms with Gasteiger partial charge in [0.15, 0.2) is 0 Å². The Balaban J connectivity index is 2.05. The molecule has 1 aromatic carbocycles. The molecule has 0 aliphatic carbocycles. The Morgan fingerprint density at radius 3 is 3.00 bits per heavy atom. The third-order valence-electron chi connectivity index (χ3n) is 3.13. The second-order valence-corrected chi connectivity index (χ2v) is 5.33. The van der Waals surface area contributed by atoms with Crippen LogP contribution in [0.2, 0.25) is 0 Å². The standard InChI is InChI=1S/C13H18BrNO/c1-10-3-4-12(7-13(10)14)8-15-5-6-16-9-11(15)2/h3-4,7,11H,5-6,8-9H2,1-2H3/t11-/m0/s1. The normalized spacial score (nSPS) is 22.3. The fraction of sp³-hybridized carbons (Fsp3) is 0.538. The lowest BCUT2D eigenvalue weighted by atomic mass is 10.1. The van der Waals surface area contributed by atoms with E-state index in [1.165, 1.54) is 15.6 Å². The van der Waals surface area contributed by atoms with Crippen molar-refractivity contribution in [3.05, 3.63) is 33.8 Å². The van der Waals surface area contributed by atoms with Crippen LogP contribution in [0.15, 0.2) is 22.7 Å². The van der Waals surface area contributed by atoms with Gasteiger partial charge in [0.1, 0.15) is 0 Å². The highest BCUT2D eigenvalue weighted by molar-refractivity contribution is 9.10. The predicted molar refractivity (Wildman–Crippen MR) is 69.6 cm³/mol. The van der Waals surface area contributed by atoms with Crippen LogP contribution in [0.3, 0.4) is 0 Å². The van der Waals surface area contributed by atoms with Gasteiger partial charge in [0, 0.05) is 23.6 Å². The van der Waals surface area contributed by atoms with E-state index in [0.717, 1.165) is 26.3 Å². The number of benzene rings is 1. The lowest BCUT2D eigenvalue weighted by Gasteiger charge is -2.33. The molecule has 1 aliphatic rings. The maximum Gasteiger partial charge on any atom is 0.0619 e. The van der Waals surface area contributed by atoms with Gasteiger partial charge in [-0.15, -0.1) is 0 Å². The highest BCUT2D eigenvalue weighted by Crippen LogP contribution is 2.19. The minimum atomic E-state index is 0.522. The van der Waals surface area contributed by atoms with E-state index in [1.807, 2.05) is 0 Å². The Bertz CT molecular complexity index is 367. The van der Waals surface area contributed by atoms with Crippen molar-refractivity contribution < 1.29 is 4.74 Å². The lowest BCUT2D eigenvalue weighted by molar-refractivity contribution is -0.00437. The second-order valence-electron chi connectivity index (χ2n) is 4.48. The van der Waals surface area contributed by atoms with Crippen LogP contribution in [0.4, 0.5) is 0 Å². The maximum atomic E-state index is 5.44. The van der Waals surface area contributed by atoms with Gasteiger partial charge in [0.05, 0.1) is 13.2 Å². The maximum absolute atomic E-state index is 5.44. The van der Waals surface area contributed by atoms with Gasteiger partial charge < -0.3 is 4.74 Å². The summed E-state index contributed by atoms with van der Waals surface area (Å²) in [7, 11) is 0. The Hall–Kier alpha value is -0.380. The van der Waals surface area contributed by atoms with Crippen LogP contribution >= 0.6 is 15.9 Å². The van der Waals surface area contributed by atoms with Crippen molar-refractivity contribution in [1.29, 1.82) is 0 Å². The van der Waals surface area contributed by atoms with Crippen LogP contribution in [-0.2, 0) is 11.3 Å². The predicted octanol–water partition coefficient (Wildman–Crippen LogP) is 2.98.